The van der Waals surface area contributed by atoms with E-state index in [0.29, 0.717) is 33.9 Å². The summed E-state index contributed by atoms with van der Waals surface area (Å²) in [4.78, 5) is 14.9. The molecule has 0 spiro atoms. The van der Waals surface area contributed by atoms with E-state index >= 15 is 0 Å². The van der Waals surface area contributed by atoms with E-state index in [-0.39, 0.29) is 12.0 Å². The molecule has 0 bridgehead atoms. The average molecular weight is 380 g/mol. The molecule has 1 aromatic carbocycles. The van der Waals surface area contributed by atoms with Gasteiger partial charge in [-0.05, 0) is 43.5 Å². The number of nitrogens with zero attached hydrogens (tertiary/aromatic N) is 1. The van der Waals surface area contributed by atoms with Gasteiger partial charge in [0.05, 0.1) is 31.3 Å². The van der Waals surface area contributed by atoms with Gasteiger partial charge >= 0.3 is 0 Å². The SMILES string of the molecule is CCOc1ccc(/C=C2\SC(=S)N(C[C@@H]3CCCO3)C2=O)cc1OC. The van der Waals surface area contributed by atoms with E-state index in [4.69, 9.17) is 26.4 Å². The lowest BCUT2D eigenvalue weighted by Gasteiger charge is -2.18. The third-order valence-electron chi connectivity index (χ3n) is 4.07. The highest BCUT2D eigenvalue weighted by atomic mass is 32.2. The van der Waals surface area contributed by atoms with Crippen LogP contribution in [0, 0.1) is 0 Å². The Morgan fingerprint density at radius 1 is 1.44 bits per heavy atom. The zero-order valence-electron chi connectivity index (χ0n) is 14.3. The molecule has 1 amide bonds. The fourth-order valence-electron chi connectivity index (χ4n) is 2.85. The van der Waals surface area contributed by atoms with Gasteiger partial charge in [0.25, 0.3) is 5.91 Å². The predicted molar refractivity (Wildman–Crippen MR) is 103 cm³/mol. The van der Waals surface area contributed by atoms with Crippen LogP contribution >= 0.6 is 24.0 Å². The van der Waals surface area contributed by atoms with Crippen molar-refractivity contribution in [3.8, 4) is 11.5 Å². The number of thiocarbonyl (C=S) groups is 1. The molecule has 3 rings (SSSR count). The van der Waals surface area contributed by atoms with E-state index in [0.717, 1.165) is 25.0 Å². The number of thioether (sulfide) groups is 1. The monoisotopic (exact) mass is 379 g/mol. The molecule has 1 aromatic rings. The molecule has 7 heteroatoms. The van der Waals surface area contributed by atoms with E-state index in [2.05, 4.69) is 0 Å². The van der Waals surface area contributed by atoms with Gasteiger partial charge < -0.3 is 14.2 Å². The molecular formula is C18H21NO4S2. The predicted octanol–water partition coefficient (Wildman–Crippen LogP) is 3.47. The summed E-state index contributed by atoms with van der Waals surface area (Å²) in [5.74, 6) is 1.27. The Kier molecular flexibility index (Phi) is 5.98. The fourth-order valence-corrected chi connectivity index (χ4v) is 4.12. The van der Waals surface area contributed by atoms with Gasteiger partial charge in [-0.3, -0.25) is 9.69 Å². The van der Waals surface area contributed by atoms with E-state index in [1.54, 1.807) is 12.0 Å². The number of hydrogen-bond acceptors (Lipinski definition) is 6. The molecule has 2 fully saturated rings. The summed E-state index contributed by atoms with van der Waals surface area (Å²) in [5, 5.41) is 0. The molecular weight excluding hydrogens is 358 g/mol. The Labute approximate surface area is 157 Å². The van der Waals surface area contributed by atoms with Crippen LogP contribution in [-0.2, 0) is 9.53 Å². The van der Waals surface area contributed by atoms with E-state index in [1.165, 1.54) is 11.8 Å². The summed E-state index contributed by atoms with van der Waals surface area (Å²) in [6.45, 7) is 3.79. The van der Waals surface area contributed by atoms with Gasteiger partial charge in [0.2, 0.25) is 0 Å². The lowest BCUT2D eigenvalue weighted by molar-refractivity contribution is -0.123. The second kappa shape index (κ2) is 8.21. The Balaban J connectivity index is 1.77. The molecule has 0 radical (unpaired) electrons. The molecule has 0 N–H and O–H groups in total. The normalized spacial score (nSPS) is 22.1. The van der Waals surface area contributed by atoms with Crippen LogP contribution in [0.1, 0.15) is 25.3 Å². The van der Waals surface area contributed by atoms with Crippen molar-refractivity contribution in [3.05, 3.63) is 28.7 Å². The van der Waals surface area contributed by atoms with Crippen LogP contribution in [0.2, 0.25) is 0 Å². The number of methoxy groups -OCH3 is 1. The number of benzene rings is 1. The van der Waals surface area contributed by atoms with Crippen LogP contribution in [0.5, 0.6) is 11.5 Å². The lowest BCUT2D eigenvalue weighted by atomic mass is 10.1. The number of hydrogen-bond donors (Lipinski definition) is 0. The first-order valence-electron chi connectivity index (χ1n) is 8.30. The second-order valence-electron chi connectivity index (χ2n) is 5.77. The Morgan fingerprint density at radius 3 is 2.96 bits per heavy atom. The molecule has 134 valence electrons. The Morgan fingerprint density at radius 2 is 2.28 bits per heavy atom. The van der Waals surface area contributed by atoms with E-state index < -0.39 is 0 Å². The second-order valence-corrected chi connectivity index (χ2v) is 7.45. The van der Waals surface area contributed by atoms with Crippen molar-refractivity contribution in [1.29, 1.82) is 0 Å². The summed E-state index contributed by atoms with van der Waals surface area (Å²) >= 11 is 6.71. The van der Waals surface area contributed by atoms with Crippen LogP contribution in [0.4, 0.5) is 0 Å². The Bertz CT molecular complexity index is 698. The van der Waals surface area contributed by atoms with Crippen molar-refractivity contribution in [2.24, 2.45) is 0 Å². The third kappa shape index (κ3) is 4.16. The van der Waals surface area contributed by atoms with Crippen LogP contribution < -0.4 is 9.47 Å². The molecule has 0 saturated carbocycles. The zero-order chi connectivity index (χ0) is 17.8. The topological polar surface area (TPSA) is 48.0 Å². The zero-order valence-corrected chi connectivity index (χ0v) is 16.0. The summed E-state index contributed by atoms with van der Waals surface area (Å²) in [5.41, 5.74) is 0.873. The first-order valence-corrected chi connectivity index (χ1v) is 9.52. The van der Waals surface area contributed by atoms with Gasteiger partial charge in [0.15, 0.2) is 11.5 Å². The molecule has 5 nitrogen and oxygen atoms in total. The average Bonchev–Trinajstić information content (AvgIpc) is 3.21. The van der Waals surface area contributed by atoms with Gasteiger partial charge in [-0.15, -0.1) is 0 Å². The van der Waals surface area contributed by atoms with Gasteiger partial charge in [0.1, 0.15) is 4.32 Å². The molecule has 2 saturated heterocycles. The van der Waals surface area contributed by atoms with Crippen molar-refractivity contribution < 1.29 is 19.0 Å². The van der Waals surface area contributed by atoms with Crippen LogP contribution in [0.3, 0.4) is 0 Å². The van der Waals surface area contributed by atoms with Crippen LogP contribution in [-0.4, -0.2) is 48.1 Å². The summed E-state index contributed by atoms with van der Waals surface area (Å²) in [6.07, 6.45) is 3.95. The van der Waals surface area contributed by atoms with E-state index in [1.807, 2.05) is 31.2 Å². The molecule has 2 aliphatic rings. The number of amides is 1. The minimum absolute atomic E-state index is 0.0571. The van der Waals surface area contributed by atoms with Gasteiger partial charge in [0, 0.05) is 6.61 Å². The maximum Gasteiger partial charge on any atom is 0.266 e. The number of carbonyl (C=O) groups is 1. The van der Waals surface area contributed by atoms with Crippen molar-refractivity contribution in [1.82, 2.24) is 4.90 Å². The van der Waals surface area contributed by atoms with Gasteiger partial charge in [-0.1, -0.05) is 30.0 Å². The van der Waals surface area contributed by atoms with E-state index in [9.17, 15) is 4.79 Å². The molecule has 0 aliphatic carbocycles. The highest BCUT2D eigenvalue weighted by Crippen LogP contribution is 2.35. The molecule has 2 aliphatic heterocycles. The first kappa shape index (κ1) is 18.2. The maximum atomic E-state index is 12.7. The quantitative estimate of drug-likeness (QED) is 0.557. The molecule has 0 unspecified atom stereocenters. The minimum Gasteiger partial charge on any atom is -0.493 e. The molecule has 0 aromatic heterocycles. The maximum absolute atomic E-state index is 12.7. The first-order chi connectivity index (χ1) is 12.1. The highest BCUT2D eigenvalue weighted by molar-refractivity contribution is 8.26. The fraction of sp³-hybridized carbons (Fsp3) is 0.444. The Hall–Kier alpha value is -1.57. The van der Waals surface area contributed by atoms with Crippen molar-refractivity contribution in [2.45, 2.75) is 25.9 Å². The molecule has 1 atom stereocenters. The van der Waals surface area contributed by atoms with Crippen LogP contribution in [0.15, 0.2) is 23.1 Å². The number of rotatable bonds is 6. The molecule has 2 heterocycles. The van der Waals surface area contributed by atoms with Crippen molar-refractivity contribution in [3.63, 3.8) is 0 Å². The number of ether oxygens (including phenoxy) is 3. The highest BCUT2D eigenvalue weighted by Gasteiger charge is 2.34. The van der Waals surface area contributed by atoms with Crippen LogP contribution in [0.25, 0.3) is 6.08 Å². The van der Waals surface area contributed by atoms with Gasteiger partial charge in [-0.25, -0.2) is 0 Å². The van der Waals surface area contributed by atoms with Crippen molar-refractivity contribution >= 4 is 40.3 Å². The summed E-state index contributed by atoms with van der Waals surface area (Å²) in [7, 11) is 1.60. The van der Waals surface area contributed by atoms with Crippen molar-refractivity contribution in [2.75, 3.05) is 26.9 Å². The summed E-state index contributed by atoms with van der Waals surface area (Å²) in [6, 6.07) is 5.61. The minimum atomic E-state index is -0.0571. The third-order valence-corrected chi connectivity index (χ3v) is 5.45. The van der Waals surface area contributed by atoms with Gasteiger partial charge in [-0.2, -0.15) is 0 Å². The molecule has 25 heavy (non-hydrogen) atoms. The standard InChI is InChI=1S/C18H21NO4S2/c1-3-22-14-7-6-12(9-15(14)21-2)10-16-17(20)19(18(24)25-16)11-13-5-4-8-23-13/h6-7,9-10,13H,3-5,8,11H2,1-2H3/b16-10-/t13-/m0/s1. The number of carbonyl (C=O) groups excluding carboxylic acids is 1. The largest absolute Gasteiger partial charge is 0.493 e. The lowest BCUT2D eigenvalue weighted by Crippen LogP contribution is -2.35. The smallest absolute Gasteiger partial charge is 0.266 e. The summed E-state index contributed by atoms with van der Waals surface area (Å²) < 4.78 is 17.1.